The lowest BCUT2D eigenvalue weighted by molar-refractivity contribution is -0.167. The maximum atomic E-state index is 12.8. The average Bonchev–Trinajstić information content (AvgIpc) is 3.40. The number of allylic oxidation sites excluding steroid dienone is 2. The van der Waals surface area contributed by atoms with Crippen LogP contribution in [0, 0.1) is 0 Å². The molecule has 0 spiro atoms. The van der Waals surface area contributed by atoms with Crippen molar-refractivity contribution < 1.29 is 28.6 Å². The molecule has 0 amide bonds. The van der Waals surface area contributed by atoms with Gasteiger partial charge in [0.05, 0.1) is 0 Å². The van der Waals surface area contributed by atoms with Crippen molar-refractivity contribution >= 4 is 17.9 Å². The van der Waals surface area contributed by atoms with E-state index in [4.69, 9.17) is 14.2 Å². The summed E-state index contributed by atoms with van der Waals surface area (Å²) in [6, 6.07) is 0. The van der Waals surface area contributed by atoms with Gasteiger partial charge in [0.25, 0.3) is 0 Å². The molecule has 6 nitrogen and oxygen atoms in total. The molecule has 0 aliphatic carbocycles. The number of rotatable bonds is 63. The maximum Gasteiger partial charge on any atom is 0.306 e. The van der Waals surface area contributed by atoms with Crippen LogP contribution in [0.5, 0.6) is 0 Å². The Morgan fingerprint density at radius 2 is 0.446 bits per heavy atom. The van der Waals surface area contributed by atoms with Crippen molar-refractivity contribution in [2.24, 2.45) is 0 Å². The summed E-state index contributed by atoms with van der Waals surface area (Å²) in [6.45, 7) is 6.67. The second-order valence-corrected chi connectivity index (χ2v) is 23.1. The molecule has 1 atom stereocenters. The summed E-state index contributed by atoms with van der Waals surface area (Å²) in [6.07, 6.45) is 75.6. The summed E-state index contributed by atoms with van der Waals surface area (Å²) in [5.41, 5.74) is 0. The molecule has 0 saturated carbocycles. The molecule has 0 radical (unpaired) electrons. The number of unbranched alkanes of at least 4 members (excludes halogenated alkanes) is 50. The summed E-state index contributed by atoms with van der Waals surface area (Å²) in [7, 11) is 0. The Bertz CT molecular complexity index is 1150. The number of hydrogen-bond acceptors (Lipinski definition) is 6. The second-order valence-electron chi connectivity index (χ2n) is 23.1. The van der Waals surface area contributed by atoms with Gasteiger partial charge in [0.1, 0.15) is 13.2 Å². The minimum absolute atomic E-state index is 0.0677. The zero-order valence-electron chi connectivity index (χ0n) is 50.4. The molecule has 0 aromatic rings. The molecule has 0 N–H and O–H groups in total. The van der Waals surface area contributed by atoms with Crippen molar-refractivity contribution in [2.45, 2.75) is 393 Å². The van der Waals surface area contributed by atoms with Gasteiger partial charge >= 0.3 is 17.9 Å². The zero-order valence-corrected chi connectivity index (χ0v) is 50.4. The fourth-order valence-electron chi connectivity index (χ4n) is 10.4. The number of carbonyl (C=O) groups is 3. The van der Waals surface area contributed by atoms with E-state index in [-0.39, 0.29) is 31.1 Å². The van der Waals surface area contributed by atoms with Crippen LogP contribution >= 0.6 is 0 Å². The molecular weight excluding hydrogens is 913 g/mol. The van der Waals surface area contributed by atoms with E-state index in [9.17, 15) is 14.4 Å². The summed E-state index contributed by atoms with van der Waals surface area (Å²) in [4.78, 5) is 38.1. The fourth-order valence-corrected chi connectivity index (χ4v) is 10.4. The molecule has 0 rings (SSSR count). The molecule has 0 aromatic carbocycles. The highest BCUT2D eigenvalue weighted by molar-refractivity contribution is 5.71. The predicted octanol–water partition coefficient (Wildman–Crippen LogP) is 22.8. The summed E-state index contributed by atoms with van der Waals surface area (Å²) in [5.74, 6) is -0.855. The van der Waals surface area contributed by atoms with Crippen LogP contribution in [0.2, 0.25) is 0 Å². The second kappa shape index (κ2) is 63.7. The number of carbonyl (C=O) groups excluding carboxylic acids is 3. The maximum absolute atomic E-state index is 12.8. The van der Waals surface area contributed by atoms with Crippen molar-refractivity contribution in [3.8, 4) is 0 Å². The van der Waals surface area contributed by atoms with E-state index in [1.54, 1.807) is 0 Å². The van der Waals surface area contributed by atoms with Crippen molar-refractivity contribution in [1.82, 2.24) is 0 Å². The lowest BCUT2D eigenvalue weighted by Crippen LogP contribution is -2.30. The highest BCUT2D eigenvalue weighted by Crippen LogP contribution is 2.19. The predicted molar refractivity (Wildman–Crippen MR) is 321 cm³/mol. The van der Waals surface area contributed by atoms with Gasteiger partial charge in [-0.25, -0.2) is 0 Å². The zero-order chi connectivity index (χ0) is 53.6. The van der Waals surface area contributed by atoms with Crippen LogP contribution in [0.4, 0.5) is 0 Å². The van der Waals surface area contributed by atoms with E-state index in [0.29, 0.717) is 19.3 Å². The largest absolute Gasteiger partial charge is 0.462 e. The quantitative estimate of drug-likeness (QED) is 0.0261. The van der Waals surface area contributed by atoms with Crippen LogP contribution in [0.15, 0.2) is 12.2 Å². The van der Waals surface area contributed by atoms with Gasteiger partial charge < -0.3 is 14.2 Å². The first-order valence-corrected chi connectivity index (χ1v) is 33.7. The molecule has 438 valence electrons. The minimum atomic E-state index is -0.768. The van der Waals surface area contributed by atoms with Crippen molar-refractivity contribution in [3.05, 3.63) is 12.2 Å². The Hall–Kier alpha value is -1.85. The highest BCUT2D eigenvalue weighted by Gasteiger charge is 2.19. The number of hydrogen-bond donors (Lipinski definition) is 0. The third-order valence-corrected chi connectivity index (χ3v) is 15.5. The Balaban J connectivity index is 3.97. The molecule has 0 aliphatic heterocycles. The summed E-state index contributed by atoms with van der Waals surface area (Å²) in [5, 5.41) is 0. The van der Waals surface area contributed by atoms with Crippen LogP contribution in [0.1, 0.15) is 387 Å². The molecule has 0 saturated heterocycles. The van der Waals surface area contributed by atoms with Gasteiger partial charge in [-0.3, -0.25) is 14.4 Å². The Kier molecular flexibility index (Phi) is 62.1. The first-order valence-electron chi connectivity index (χ1n) is 33.7. The Morgan fingerprint density at radius 3 is 0.676 bits per heavy atom. The molecule has 0 aromatic heterocycles. The van der Waals surface area contributed by atoms with E-state index in [1.165, 1.54) is 283 Å². The van der Waals surface area contributed by atoms with Gasteiger partial charge in [0.15, 0.2) is 6.10 Å². The van der Waals surface area contributed by atoms with E-state index < -0.39 is 6.10 Å². The van der Waals surface area contributed by atoms with Crippen molar-refractivity contribution in [3.63, 3.8) is 0 Å². The fraction of sp³-hybridized carbons (Fsp3) is 0.926. The van der Waals surface area contributed by atoms with Gasteiger partial charge in [0, 0.05) is 19.3 Å². The van der Waals surface area contributed by atoms with Gasteiger partial charge in [-0.05, 0) is 44.9 Å². The third kappa shape index (κ3) is 61.0. The van der Waals surface area contributed by atoms with Gasteiger partial charge in [-0.15, -0.1) is 0 Å². The summed E-state index contributed by atoms with van der Waals surface area (Å²) < 4.78 is 16.9. The standard InChI is InChI=1S/C68H130O6/c1-4-7-10-13-16-19-21-23-25-27-28-29-30-31-32-33-34-35-36-37-38-39-40-41-42-44-45-47-49-52-55-58-61-67(70)73-64-65(63-72-66(69)60-57-54-51-18-15-12-9-6-3)74-68(71)62-59-56-53-50-48-46-43-26-24-22-20-17-14-11-8-5-2/h26,43,65H,4-25,27-42,44-64H2,1-3H3/b43-26-. The monoisotopic (exact) mass is 1040 g/mol. The summed E-state index contributed by atoms with van der Waals surface area (Å²) >= 11 is 0. The molecular formula is C68H130O6. The number of esters is 3. The molecule has 0 fully saturated rings. The molecule has 0 aliphatic rings. The van der Waals surface area contributed by atoms with Crippen molar-refractivity contribution in [2.75, 3.05) is 13.2 Å². The lowest BCUT2D eigenvalue weighted by Gasteiger charge is -2.18. The van der Waals surface area contributed by atoms with Crippen LogP contribution in [-0.4, -0.2) is 37.2 Å². The molecule has 1 unspecified atom stereocenters. The first kappa shape index (κ1) is 72.2. The van der Waals surface area contributed by atoms with E-state index in [1.807, 2.05) is 0 Å². The average molecular weight is 1040 g/mol. The lowest BCUT2D eigenvalue weighted by atomic mass is 10.0. The van der Waals surface area contributed by atoms with Crippen LogP contribution < -0.4 is 0 Å². The van der Waals surface area contributed by atoms with Gasteiger partial charge in [0.2, 0.25) is 0 Å². The molecule has 0 heterocycles. The van der Waals surface area contributed by atoms with E-state index >= 15 is 0 Å². The normalized spacial score (nSPS) is 12.0. The smallest absolute Gasteiger partial charge is 0.306 e. The van der Waals surface area contributed by atoms with Gasteiger partial charge in [-0.1, -0.05) is 335 Å². The first-order chi connectivity index (χ1) is 36.5. The topological polar surface area (TPSA) is 78.9 Å². The van der Waals surface area contributed by atoms with Crippen LogP contribution in [0.3, 0.4) is 0 Å². The SMILES string of the molecule is CCCCCCCCC/C=C\CCCCCCCC(=O)OC(COC(=O)CCCCCCCCCC)COC(=O)CCCCCCCCCCCCCCCCCCCCCCCCCCCCCCCCCC. The van der Waals surface area contributed by atoms with Crippen molar-refractivity contribution in [1.29, 1.82) is 0 Å². The Morgan fingerprint density at radius 1 is 0.257 bits per heavy atom. The molecule has 6 heteroatoms. The van der Waals surface area contributed by atoms with E-state index in [2.05, 4.69) is 32.9 Å². The molecule has 74 heavy (non-hydrogen) atoms. The van der Waals surface area contributed by atoms with E-state index in [0.717, 1.165) is 64.2 Å². The number of ether oxygens (including phenoxy) is 3. The third-order valence-electron chi connectivity index (χ3n) is 15.5. The van der Waals surface area contributed by atoms with Crippen LogP contribution in [-0.2, 0) is 28.6 Å². The Labute approximate surface area is 462 Å². The minimum Gasteiger partial charge on any atom is -0.462 e. The van der Waals surface area contributed by atoms with Crippen LogP contribution in [0.25, 0.3) is 0 Å². The van der Waals surface area contributed by atoms with Gasteiger partial charge in [-0.2, -0.15) is 0 Å². The highest BCUT2D eigenvalue weighted by atomic mass is 16.6. The molecule has 0 bridgehead atoms.